The van der Waals surface area contributed by atoms with Gasteiger partial charge in [0.1, 0.15) is 17.4 Å². The van der Waals surface area contributed by atoms with Crippen LogP contribution in [0.3, 0.4) is 0 Å². The van der Waals surface area contributed by atoms with Crippen LogP contribution < -0.4 is 15.5 Å². The Balaban J connectivity index is 1.39. The molecule has 0 unspecified atom stereocenters. The van der Waals surface area contributed by atoms with Gasteiger partial charge in [0.25, 0.3) is 0 Å². The van der Waals surface area contributed by atoms with Crippen molar-refractivity contribution >= 4 is 29.2 Å². The highest BCUT2D eigenvalue weighted by atomic mass is 16.5. The maximum absolute atomic E-state index is 14.1. The fourth-order valence-electron chi connectivity index (χ4n) is 6.46. The number of hydrogen-bond donors (Lipinski definition) is 2. The number of fused-ring (bicyclic) bond motifs is 1. The molecule has 5 atom stereocenters. The minimum Gasteiger partial charge on any atom is -0.360 e. The Bertz CT molecular complexity index is 1240. The van der Waals surface area contributed by atoms with Crippen molar-refractivity contribution < 1.29 is 23.6 Å². The van der Waals surface area contributed by atoms with E-state index in [9.17, 15) is 14.4 Å². The fraction of sp³-hybridized carbons (Fsp3) is 0.500. The normalized spacial score (nSPS) is 33.1. The van der Waals surface area contributed by atoms with Gasteiger partial charge in [-0.05, 0) is 38.8 Å². The van der Waals surface area contributed by atoms with Crippen LogP contribution in [0, 0.1) is 18.8 Å². The number of rotatable bonds is 5. The van der Waals surface area contributed by atoms with Crippen molar-refractivity contribution in [1.29, 1.82) is 0 Å². The second-order valence-corrected chi connectivity index (χ2v) is 10.4. The van der Waals surface area contributed by atoms with Gasteiger partial charge < -0.3 is 19.9 Å². The van der Waals surface area contributed by atoms with Crippen LogP contribution in [0.25, 0.3) is 0 Å². The molecule has 0 aromatic carbocycles. The quantitative estimate of drug-likeness (QED) is 0.616. The predicted octanol–water partition coefficient (Wildman–Crippen LogP) is 2.51. The molecule has 2 bridgehead atoms. The van der Waals surface area contributed by atoms with E-state index in [1.807, 2.05) is 6.08 Å². The number of ether oxygens (including phenoxy) is 1. The summed E-state index contributed by atoms with van der Waals surface area (Å²) in [5.74, 6) is -1.95. The Morgan fingerprint density at radius 3 is 2.67 bits per heavy atom. The predicted molar refractivity (Wildman–Crippen MR) is 129 cm³/mol. The zero-order valence-electron chi connectivity index (χ0n) is 20.3. The summed E-state index contributed by atoms with van der Waals surface area (Å²) in [6, 6.07) is 4.16. The molecular weight excluding hydrogens is 462 g/mol. The third kappa shape index (κ3) is 3.38. The van der Waals surface area contributed by atoms with Gasteiger partial charge in [-0.15, -0.1) is 0 Å². The van der Waals surface area contributed by atoms with E-state index in [0.717, 1.165) is 32.1 Å². The molecule has 1 aliphatic carbocycles. The first-order valence-electron chi connectivity index (χ1n) is 12.5. The van der Waals surface area contributed by atoms with E-state index in [-0.39, 0.29) is 23.7 Å². The molecule has 0 radical (unpaired) electrons. The monoisotopic (exact) mass is 491 g/mol. The van der Waals surface area contributed by atoms with Crippen molar-refractivity contribution in [2.45, 2.75) is 69.2 Å². The molecule has 1 spiro atoms. The molecule has 2 aromatic heterocycles. The van der Waals surface area contributed by atoms with E-state index in [4.69, 9.17) is 9.26 Å². The molecule has 10 nitrogen and oxygen atoms in total. The third-order valence-electron chi connectivity index (χ3n) is 7.98. The highest BCUT2D eigenvalue weighted by molar-refractivity contribution is 6.11. The van der Waals surface area contributed by atoms with Gasteiger partial charge in [0.05, 0.1) is 29.3 Å². The summed E-state index contributed by atoms with van der Waals surface area (Å²) < 4.78 is 11.6. The van der Waals surface area contributed by atoms with E-state index in [1.54, 1.807) is 50.5 Å². The average Bonchev–Trinajstić information content (AvgIpc) is 3.57. The molecule has 3 aliphatic heterocycles. The van der Waals surface area contributed by atoms with E-state index in [1.165, 1.54) is 4.90 Å². The molecule has 2 N–H and O–H groups in total. The Labute approximate surface area is 208 Å². The van der Waals surface area contributed by atoms with E-state index in [0.29, 0.717) is 11.4 Å². The first kappa shape index (κ1) is 22.9. The van der Waals surface area contributed by atoms with E-state index < -0.39 is 35.0 Å². The van der Waals surface area contributed by atoms with Crippen LogP contribution in [0.1, 0.15) is 44.8 Å². The number of anilines is 2. The number of aromatic nitrogens is 2. The number of carbonyl (C=O) groups is 3. The summed E-state index contributed by atoms with van der Waals surface area (Å²) in [6.07, 6.45) is 11.9. The Kier molecular flexibility index (Phi) is 5.26. The van der Waals surface area contributed by atoms with Gasteiger partial charge >= 0.3 is 0 Å². The van der Waals surface area contributed by atoms with Crippen molar-refractivity contribution in [3.63, 3.8) is 0 Å². The van der Waals surface area contributed by atoms with Gasteiger partial charge in [-0.3, -0.25) is 24.3 Å². The molecule has 3 fully saturated rings. The van der Waals surface area contributed by atoms with Crippen LogP contribution >= 0.6 is 0 Å². The first-order valence-corrected chi connectivity index (χ1v) is 12.5. The standard InChI is InChI=1S/C26H29N5O5/c1-15-13-18(30-35-15)29-22(32)19-20-24(34)31(17-9-6-12-27-14-17)21(26(20)11-10-25(19,2)36-26)23(33)28-16-7-4-3-5-8-16/h6,9-14,16,19-21H,3-5,7-8H2,1-2H3,(H,28,33)(H,29,30,32)/t19-,20+,21-,25+,26+/m0/s1. The number of pyridine rings is 1. The molecule has 4 aliphatic rings. The minimum atomic E-state index is -1.28. The lowest BCUT2D eigenvalue weighted by molar-refractivity contribution is -0.131. The topological polar surface area (TPSA) is 127 Å². The molecule has 1 saturated carbocycles. The second-order valence-electron chi connectivity index (χ2n) is 10.4. The molecule has 2 aromatic rings. The first-order chi connectivity index (χ1) is 17.3. The van der Waals surface area contributed by atoms with Gasteiger partial charge in [0.15, 0.2) is 5.82 Å². The third-order valence-corrected chi connectivity index (χ3v) is 7.98. The highest BCUT2D eigenvalue weighted by Crippen LogP contribution is 2.60. The van der Waals surface area contributed by atoms with Crippen molar-refractivity contribution in [2.24, 2.45) is 11.8 Å². The van der Waals surface area contributed by atoms with Crippen LogP contribution in [0.4, 0.5) is 11.5 Å². The largest absolute Gasteiger partial charge is 0.360 e. The fourth-order valence-corrected chi connectivity index (χ4v) is 6.46. The zero-order valence-corrected chi connectivity index (χ0v) is 20.3. The Morgan fingerprint density at radius 2 is 1.97 bits per heavy atom. The number of carbonyl (C=O) groups excluding carboxylic acids is 3. The number of hydrogen-bond acceptors (Lipinski definition) is 7. The minimum absolute atomic E-state index is 0.0558. The molecule has 2 saturated heterocycles. The lowest BCUT2D eigenvalue weighted by Crippen LogP contribution is -2.56. The van der Waals surface area contributed by atoms with Crippen LogP contribution in [-0.2, 0) is 19.1 Å². The summed E-state index contributed by atoms with van der Waals surface area (Å²) in [6.45, 7) is 3.51. The van der Waals surface area contributed by atoms with E-state index >= 15 is 0 Å². The number of nitrogens with zero attached hydrogens (tertiary/aromatic N) is 3. The molecule has 36 heavy (non-hydrogen) atoms. The summed E-state index contributed by atoms with van der Waals surface area (Å²) in [5, 5.41) is 9.80. The number of nitrogens with one attached hydrogen (secondary N) is 2. The summed E-state index contributed by atoms with van der Waals surface area (Å²) in [5.41, 5.74) is -1.83. The van der Waals surface area contributed by atoms with Gasteiger partial charge in [0.2, 0.25) is 17.7 Å². The van der Waals surface area contributed by atoms with Crippen LogP contribution in [0.15, 0.2) is 47.3 Å². The lowest BCUT2D eigenvalue weighted by atomic mass is 9.70. The molecule has 10 heteroatoms. The maximum Gasteiger partial charge on any atom is 0.246 e. The summed E-state index contributed by atoms with van der Waals surface area (Å²) in [7, 11) is 0. The van der Waals surface area contributed by atoms with Crippen molar-refractivity contribution in [3.05, 3.63) is 48.5 Å². The number of aryl methyl sites for hydroxylation is 1. The van der Waals surface area contributed by atoms with Crippen LogP contribution in [-0.4, -0.2) is 51.1 Å². The molecular formula is C26H29N5O5. The van der Waals surface area contributed by atoms with Gasteiger partial charge in [-0.1, -0.05) is 36.6 Å². The smallest absolute Gasteiger partial charge is 0.246 e. The zero-order chi connectivity index (χ0) is 25.1. The molecule has 6 rings (SSSR count). The van der Waals surface area contributed by atoms with Crippen LogP contribution in [0.5, 0.6) is 0 Å². The van der Waals surface area contributed by atoms with Gasteiger partial charge in [-0.2, -0.15) is 0 Å². The SMILES string of the molecule is Cc1cc(NC(=O)[C@@H]2[C@@H]3C(=O)N(c4cccnc4)[C@@H](C(=O)NC4CCCCC4)[C@@]34C=C[C@@]2(C)O4)no1. The van der Waals surface area contributed by atoms with Crippen LogP contribution in [0.2, 0.25) is 0 Å². The lowest BCUT2D eigenvalue weighted by Gasteiger charge is -2.34. The van der Waals surface area contributed by atoms with Gasteiger partial charge in [0, 0.05) is 18.3 Å². The Morgan fingerprint density at radius 1 is 1.17 bits per heavy atom. The van der Waals surface area contributed by atoms with Crippen molar-refractivity contribution in [3.8, 4) is 0 Å². The highest BCUT2D eigenvalue weighted by Gasteiger charge is 2.76. The van der Waals surface area contributed by atoms with Gasteiger partial charge in [-0.25, -0.2) is 0 Å². The van der Waals surface area contributed by atoms with Crippen molar-refractivity contribution in [2.75, 3.05) is 10.2 Å². The number of amides is 3. The molecule has 5 heterocycles. The second kappa shape index (κ2) is 8.26. The molecule has 188 valence electrons. The maximum atomic E-state index is 14.1. The van der Waals surface area contributed by atoms with E-state index in [2.05, 4.69) is 20.8 Å². The van der Waals surface area contributed by atoms with Crippen molar-refractivity contribution in [1.82, 2.24) is 15.5 Å². The Hall–Kier alpha value is -3.53. The summed E-state index contributed by atoms with van der Waals surface area (Å²) in [4.78, 5) is 47.1. The average molecular weight is 492 g/mol. The summed E-state index contributed by atoms with van der Waals surface area (Å²) >= 11 is 0. The molecule has 3 amide bonds.